The van der Waals surface area contributed by atoms with Gasteiger partial charge in [0.1, 0.15) is 0 Å². The highest BCUT2D eigenvalue weighted by Crippen LogP contribution is 2.36. The van der Waals surface area contributed by atoms with E-state index < -0.39 is 17.2 Å². The van der Waals surface area contributed by atoms with Crippen molar-refractivity contribution in [1.82, 2.24) is 0 Å². The van der Waals surface area contributed by atoms with Crippen molar-refractivity contribution in [3.63, 3.8) is 0 Å². The van der Waals surface area contributed by atoms with E-state index in [4.69, 9.17) is 0 Å². The summed E-state index contributed by atoms with van der Waals surface area (Å²) in [5.41, 5.74) is 0.0387. The van der Waals surface area contributed by atoms with Gasteiger partial charge in [-0.15, -0.1) is 11.8 Å². The van der Waals surface area contributed by atoms with Gasteiger partial charge in [-0.05, 0) is 24.4 Å². The van der Waals surface area contributed by atoms with Crippen LogP contribution in [0.4, 0.5) is 0 Å². The Kier molecular flexibility index (Phi) is 4.35. The Morgan fingerprint density at radius 2 is 1.90 bits per heavy atom. The number of benzene rings is 2. The van der Waals surface area contributed by atoms with Gasteiger partial charge in [-0.2, -0.15) is 0 Å². The number of carboxylic acid groups (broad SMARTS) is 2. The van der Waals surface area contributed by atoms with Crippen LogP contribution in [0.5, 0.6) is 0 Å². The Labute approximate surface area is 127 Å². The van der Waals surface area contributed by atoms with Gasteiger partial charge in [-0.1, -0.05) is 34.1 Å². The van der Waals surface area contributed by atoms with E-state index in [0.717, 1.165) is 16.2 Å². The van der Waals surface area contributed by atoms with Crippen LogP contribution in [0, 0.1) is 0 Å². The van der Waals surface area contributed by atoms with Crippen LogP contribution >= 0.6 is 27.7 Å². The van der Waals surface area contributed by atoms with Gasteiger partial charge in [-0.25, -0.2) is 0 Å². The SMILES string of the molecule is C[C@@H](Sc1ccc(Br)c2cccc(C(=O)[O-])c12)C(=O)[O-]. The summed E-state index contributed by atoms with van der Waals surface area (Å²) in [6.45, 7) is 1.50. The number of aromatic carboxylic acids is 1. The maximum absolute atomic E-state index is 11.2. The molecule has 0 unspecified atom stereocenters. The Bertz CT molecular complexity index is 699. The number of hydrogen-bond acceptors (Lipinski definition) is 5. The summed E-state index contributed by atoms with van der Waals surface area (Å²) in [6.07, 6.45) is 0. The van der Waals surface area contributed by atoms with Gasteiger partial charge in [0.2, 0.25) is 0 Å². The van der Waals surface area contributed by atoms with E-state index in [1.807, 2.05) is 0 Å². The number of carbonyl (C=O) groups excluding carboxylic acids is 2. The standard InChI is InChI=1S/C14H11BrO4S/c1-7(13(16)17)20-11-6-5-10(15)8-3-2-4-9(12(8)11)14(18)19/h2-7H,1H3,(H,16,17)(H,18,19)/p-2/t7-/m1/s1. The number of aliphatic carboxylic acids is 1. The molecular weight excluding hydrogens is 344 g/mol. The number of rotatable bonds is 4. The fourth-order valence-electron chi connectivity index (χ4n) is 1.85. The molecule has 0 saturated carbocycles. The highest BCUT2D eigenvalue weighted by Gasteiger charge is 2.13. The minimum Gasteiger partial charge on any atom is -0.549 e. The lowest BCUT2D eigenvalue weighted by molar-refractivity contribution is -0.304. The van der Waals surface area contributed by atoms with Crippen LogP contribution in [-0.4, -0.2) is 17.2 Å². The molecule has 0 fully saturated rings. The molecule has 0 aliphatic rings. The summed E-state index contributed by atoms with van der Waals surface area (Å²) >= 11 is 4.41. The van der Waals surface area contributed by atoms with Crippen LogP contribution < -0.4 is 10.2 Å². The van der Waals surface area contributed by atoms with E-state index in [2.05, 4.69) is 15.9 Å². The fourth-order valence-corrected chi connectivity index (χ4v) is 3.27. The quantitative estimate of drug-likeness (QED) is 0.772. The van der Waals surface area contributed by atoms with Gasteiger partial charge in [0, 0.05) is 25.6 Å². The molecular formula is C14H9BrO4S-2. The van der Waals surface area contributed by atoms with E-state index in [0.29, 0.717) is 15.7 Å². The molecule has 0 saturated heterocycles. The highest BCUT2D eigenvalue weighted by atomic mass is 79.9. The normalized spacial score (nSPS) is 12.3. The minimum atomic E-state index is -1.29. The van der Waals surface area contributed by atoms with Crippen molar-refractivity contribution in [2.24, 2.45) is 0 Å². The third kappa shape index (κ3) is 2.81. The zero-order valence-corrected chi connectivity index (χ0v) is 12.8. The number of fused-ring (bicyclic) bond motifs is 1. The molecule has 1 atom stereocenters. The van der Waals surface area contributed by atoms with Crippen LogP contribution in [0.3, 0.4) is 0 Å². The van der Waals surface area contributed by atoms with Gasteiger partial charge in [0.25, 0.3) is 0 Å². The Morgan fingerprint density at radius 1 is 1.20 bits per heavy atom. The van der Waals surface area contributed by atoms with Crippen LogP contribution in [-0.2, 0) is 4.79 Å². The predicted molar refractivity (Wildman–Crippen MR) is 76.3 cm³/mol. The van der Waals surface area contributed by atoms with Crippen LogP contribution in [0.15, 0.2) is 39.7 Å². The summed E-state index contributed by atoms with van der Waals surface area (Å²) in [5.74, 6) is -2.49. The Morgan fingerprint density at radius 3 is 2.50 bits per heavy atom. The van der Waals surface area contributed by atoms with Crippen molar-refractivity contribution in [3.8, 4) is 0 Å². The zero-order chi connectivity index (χ0) is 14.9. The second-order valence-electron chi connectivity index (χ2n) is 4.14. The highest BCUT2D eigenvalue weighted by molar-refractivity contribution is 9.10. The van der Waals surface area contributed by atoms with E-state index >= 15 is 0 Å². The molecule has 4 nitrogen and oxygen atoms in total. The van der Waals surface area contributed by atoms with E-state index in [1.165, 1.54) is 13.0 Å². The van der Waals surface area contributed by atoms with Crippen LogP contribution in [0.2, 0.25) is 0 Å². The summed E-state index contributed by atoms with van der Waals surface area (Å²) < 4.78 is 0.737. The summed E-state index contributed by atoms with van der Waals surface area (Å²) in [5, 5.41) is 22.5. The first-order valence-electron chi connectivity index (χ1n) is 5.72. The summed E-state index contributed by atoms with van der Waals surface area (Å²) in [7, 11) is 0. The number of halogens is 1. The van der Waals surface area contributed by atoms with E-state index in [1.54, 1.807) is 24.3 Å². The largest absolute Gasteiger partial charge is 0.549 e. The molecule has 2 aromatic rings. The summed E-state index contributed by atoms with van der Waals surface area (Å²) in [6, 6.07) is 8.26. The molecule has 0 N–H and O–H groups in total. The van der Waals surface area contributed by atoms with Gasteiger partial charge in [0.05, 0.1) is 11.9 Å². The van der Waals surface area contributed by atoms with Crippen LogP contribution in [0.25, 0.3) is 10.8 Å². The van der Waals surface area contributed by atoms with Crippen molar-refractivity contribution in [2.75, 3.05) is 0 Å². The summed E-state index contributed by atoms with van der Waals surface area (Å²) in [4.78, 5) is 22.7. The molecule has 0 spiro atoms. The van der Waals surface area contributed by atoms with Gasteiger partial charge >= 0.3 is 0 Å². The lowest BCUT2D eigenvalue weighted by Gasteiger charge is -2.17. The lowest BCUT2D eigenvalue weighted by atomic mass is 10.0. The number of carboxylic acids is 2. The molecule has 20 heavy (non-hydrogen) atoms. The second-order valence-corrected chi connectivity index (χ2v) is 6.38. The van der Waals surface area contributed by atoms with Crippen molar-refractivity contribution < 1.29 is 19.8 Å². The molecule has 104 valence electrons. The second kappa shape index (κ2) is 5.85. The Balaban J connectivity index is 2.69. The van der Waals surface area contributed by atoms with Gasteiger partial charge in [0.15, 0.2) is 0 Å². The van der Waals surface area contributed by atoms with Gasteiger partial charge < -0.3 is 19.8 Å². The molecule has 0 radical (unpaired) electrons. The van der Waals surface area contributed by atoms with E-state index in [9.17, 15) is 19.8 Å². The zero-order valence-electron chi connectivity index (χ0n) is 10.4. The fraction of sp³-hybridized carbons (Fsp3) is 0.143. The molecule has 2 rings (SSSR count). The Hall–Kier alpha value is -1.53. The minimum absolute atomic E-state index is 0.0387. The first-order chi connectivity index (χ1) is 9.41. The molecule has 2 aromatic carbocycles. The van der Waals surface area contributed by atoms with E-state index in [-0.39, 0.29) is 5.56 Å². The molecule has 0 aliphatic carbocycles. The first-order valence-corrected chi connectivity index (χ1v) is 7.39. The predicted octanol–water partition coefficient (Wildman–Crippen LogP) is 1.20. The lowest BCUT2D eigenvalue weighted by Crippen LogP contribution is -2.31. The van der Waals surface area contributed by atoms with Crippen molar-refractivity contribution >= 4 is 50.4 Å². The molecule has 0 bridgehead atoms. The molecule has 6 heteroatoms. The molecule has 0 amide bonds. The number of thioether (sulfide) groups is 1. The van der Waals surface area contributed by atoms with Crippen LogP contribution in [0.1, 0.15) is 17.3 Å². The topological polar surface area (TPSA) is 80.3 Å². The molecule has 0 aliphatic heterocycles. The molecule has 0 heterocycles. The third-order valence-electron chi connectivity index (χ3n) is 2.80. The average Bonchev–Trinajstić information content (AvgIpc) is 2.41. The average molecular weight is 353 g/mol. The van der Waals surface area contributed by atoms with Crippen molar-refractivity contribution in [3.05, 3.63) is 40.4 Å². The number of carbonyl (C=O) groups is 2. The van der Waals surface area contributed by atoms with Gasteiger partial charge in [-0.3, -0.25) is 0 Å². The first kappa shape index (κ1) is 14.9. The molecule has 0 aromatic heterocycles. The van der Waals surface area contributed by atoms with Crippen molar-refractivity contribution in [1.29, 1.82) is 0 Å². The monoisotopic (exact) mass is 352 g/mol. The van der Waals surface area contributed by atoms with Crippen molar-refractivity contribution in [2.45, 2.75) is 17.1 Å². The third-order valence-corrected chi connectivity index (χ3v) is 4.64. The number of hydrogen-bond donors (Lipinski definition) is 0. The maximum atomic E-state index is 11.2. The maximum Gasteiger partial charge on any atom is 0.0721 e. The smallest absolute Gasteiger partial charge is 0.0721 e.